The van der Waals surface area contributed by atoms with E-state index in [-0.39, 0.29) is 4.90 Å². The summed E-state index contributed by atoms with van der Waals surface area (Å²) in [6, 6.07) is 8.02. The van der Waals surface area contributed by atoms with E-state index in [2.05, 4.69) is 4.98 Å². The van der Waals surface area contributed by atoms with Crippen LogP contribution < -0.4 is 4.31 Å². The second-order valence-corrected chi connectivity index (χ2v) is 6.15. The molecule has 2 aromatic rings. The number of rotatable bonds is 5. The number of hydrogen-bond donors (Lipinski definition) is 2. The smallest absolute Gasteiger partial charge is 0.324 e. The van der Waals surface area contributed by atoms with Gasteiger partial charge in [-0.1, -0.05) is 17.7 Å². The second kappa shape index (κ2) is 5.38. The molecule has 0 aliphatic rings. The fourth-order valence-corrected chi connectivity index (χ4v) is 3.14. The molecule has 0 saturated heterocycles. The first-order valence-electron chi connectivity index (χ1n) is 5.85. The summed E-state index contributed by atoms with van der Waals surface area (Å²) in [6.45, 7) is 1.24. The molecule has 1 heterocycles. The molecule has 0 amide bonds. The Bertz CT molecular complexity index is 690. The van der Waals surface area contributed by atoms with E-state index in [4.69, 9.17) is 5.11 Å². The van der Waals surface area contributed by atoms with E-state index >= 15 is 0 Å². The van der Waals surface area contributed by atoms with E-state index in [1.54, 1.807) is 24.3 Å². The number of benzene rings is 1. The highest BCUT2D eigenvalue weighted by molar-refractivity contribution is 7.92. The Morgan fingerprint density at radius 2 is 1.90 bits per heavy atom. The normalized spacial score (nSPS) is 11.2. The zero-order valence-corrected chi connectivity index (χ0v) is 11.6. The van der Waals surface area contributed by atoms with E-state index in [0.717, 1.165) is 9.87 Å². The van der Waals surface area contributed by atoms with Gasteiger partial charge in [0.1, 0.15) is 11.4 Å². The SMILES string of the molecule is Cc1ccc(N(CC(=O)O)S(=O)(=O)c2cc[nH]c2)cc1. The van der Waals surface area contributed by atoms with Crippen molar-refractivity contribution in [3.63, 3.8) is 0 Å². The molecule has 0 radical (unpaired) electrons. The molecule has 2 N–H and O–H groups in total. The first-order chi connectivity index (χ1) is 9.41. The van der Waals surface area contributed by atoms with Gasteiger partial charge in [-0.25, -0.2) is 8.42 Å². The van der Waals surface area contributed by atoms with Gasteiger partial charge in [0.25, 0.3) is 10.0 Å². The Labute approximate surface area is 116 Å². The summed E-state index contributed by atoms with van der Waals surface area (Å²) in [6.07, 6.45) is 2.79. The fraction of sp³-hybridized carbons (Fsp3) is 0.154. The monoisotopic (exact) mass is 294 g/mol. The Morgan fingerprint density at radius 1 is 1.25 bits per heavy atom. The molecule has 6 nitrogen and oxygen atoms in total. The van der Waals surface area contributed by atoms with E-state index in [0.29, 0.717) is 5.69 Å². The van der Waals surface area contributed by atoms with Gasteiger partial charge in [0.2, 0.25) is 0 Å². The minimum Gasteiger partial charge on any atom is -0.480 e. The molecule has 0 unspecified atom stereocenters. The Hall–Kier alpha value is -2.28. The van der Waals surface area contributed by atoms with Gasteiger partial charge in [0, 0.05) is 12.4 Å². The average Bonchev–Trinajstić information content (AvgIpc) is 2.91. The molecule has 0 spiro atoms. The van der Waals surface area contributed by atoms with E-state index in [1.807, 2.05) is 6.92 Å². The van der Waals surface area contributed by atoms with Gasteiger partial charge in [-0.15, -0.1) is 0 Å². The van der Waals surface area contributed by atoms with Crippen LogP contribution in [0.5, 0.6) is 0 Å². The van der Waals surface area contributed by atoms with Crippen LogP contribution in [-0.2, 0) is 14.8 Å². The van der Waals surface area contributed by atoms with E-state index in [1.165, 1.54) is 18.5 Å². The largest absolute Gasteiger partial charge is 0.480 e. The number of sulfonamides is 1. The van der Waals surface area contributed by atoms with Gasteiger partial charge in [-0.3, -0.25) is 9.10 Å². The van der Waals surface area contributed by atoms with Gasteiger partial charge >= 0.3 is 5.97 Å². The van der Waals surface area contributed by atoms with Gasteiger partial charge in [-0.05, 0) is 25.1 Å². The van der Waals surface area contributed by atoms with Crippen LogP contribution in [0.15, 0.2) is 47.6 Å². The Balaban J connectivity index is 2.48. The average molecular weight is 294 g/mol. The summed E-state index contributed by atoms with van der Waals surface area (Å²) in [7, 11) is -3.90. The first kappa shape index (κ1) is 14.1. The van der Waals surface area contributed by atoms with Crippen LogP contribution in [-0.4, -0.2) is 31.0 Å². The highest BCUT2D eigenvalue weighted by Gasteiger charge is 2.27. The third kappa shape index (κ3) is 2.83. The van der Waals surface area contributed by atoms with Crippen molar-refractivity contribution in [3.8, 4) is 0 Å². The van der Waals surface area contributed by atoms with Crippen LogP contribution in [0.1, 0.15) is 5.56 Å². The molecule has 20 heavy (non-hydrogen) atoms. The van der Waals surface area contributed by atoms with E-state index < -0.39 is 22.5 Å². The van der Waals surface area contributed by atoms with Gasteiger partial charge < -0.3 is 10.1 Å². The van der Waals surface area contributed by atoms with Crippen molar-refractivity contribution >= 4 is 21.7 Å². The molecular formula is C13H14N2O4S. The van der Waals surface area contributed by atoms with Gasteiger partial charge in [0.05, 0.1) is 5.69 Å². The maximum atomic E-state index is 12.5. The van der Waals surface area contributed by atoms with Crippen LogP contribution in [0.25, 0.3) is 0 Å². The Morgan fingerprint density at radius 3 is 2.40 bits per heavy atom. The van der Waals surface area contributed by atoms with Crippen molar-refractivity contribution in [1.82, 2.24) is 4.98 Å². The molecule has 7 heteroatoms. The van der Waals surface area contributed by atoms with Crippen LogP contribution in [0.3, 0.4) is 0 Å². The van der Waals surface area contributed by atoms with Crippen molar-refractivity contribution in [2.45, 2.75) is 11.8 Å². The minimum atomic E-state index is -3.90. The maximum Gasteiger partial charge on any atom is 0.324 e. The highest BCUT2D eigenvalue weighted by Crippen LogP contribution is 2.23. The number of anilines is 1. The molecule has 2 rings (SSSR count). The summed E-state index contributed by atoms with van der Waals surface area (Å²) in [4.78, 5) is 13.6. The number of nitrogens with one attached hydrogen (secondary N) is 1. The molecule has 0 aliphatic carbocycles. The zero-order valence-electron chi connectivity index (χ0n) is 10.8. The summed E-state index contributed by atoms with van der Waals surface area (Å²) < 4.78 is 25.8. The quantitative estimate of drug-likeness (QED) is 0.876. The maximum absolute atomic E-state index is 12.5. The minimum absolute atomic E-state index is 0.0272. The topological polar surface area (TPSA) is 90.5 Å². The Kier molecular flexibility index (Phi) is 3.80. The number of aromatic amines is 1. The van der Waals surface area contributed by atoms with Crippen LogP contribution in [0.2, 0.25) is 0 Å². The lowest BCUT2D eigenvalue weighted by atomic mass is 10.2. The third-order valence-electron chi connectivity index (χ3n) is 2.76. The zero-order chi connectivity index (χ0) is 14.8. The standard InChI is InChI=1S/C13H14N2O4S/c1-10-2-4-11(5-3-10)15(9-13(16)17)20(18,19)12-6-7-14-8-12/h2-8,14H,9H2,1H3,(H,16,17). The molecule has 0 fully saturated rings. The lowest BCUT2D eigenvalue weighted by Crippen LogP contribution is -2.35. The van der Waals surface area contributed by atoms with Gasteiger partial charge in [-0.2, -0.15) is 0 Å². The number of hydrogen-bond acceptors (Lipinski definition) is 3. The van der Waals surface area contributed by atoms with Crippen LogP contribution in [0.4, 0.5) is 5.69 Å². The van der Waals surface area contributed by atoms with E-state index in [9.17, 15) is 13.2 Å². The highest BCUT2D eigenvalue weighted by atomic mass is 32.2. The van der Waals surface area contributed by atoms with Crippen molar-refractivity contribution in [1.29, 1.82) is 0 Å². The van der Waals surface area contributed by atoms with Crippen LogP contribution >= 0.6 is 0 Å². The number of carboxylic acid groups (broad SMARTS) is 1. The lowest BCUT2D eigenvalue weighted by molar-refractivity contribution is -0.135. The fourth-order valence-electron chi connectivity index (χ4n) is 1.75. The number of aliphatic carboxylic acids is 1. The van der Waals surface area contributed by atoms with Crippen molar-refractivity contribution in [2.75, 3.05) is 10.8 Å². The second-order valence-electron chi connectivity index (χ2n) is 4.29. The van der Waals surface area contributed by atoms with Crippen LogP contribution in [0, 0.1) is 6.92 Å². The number of H-pyrrole nitrogens is 1. The first-order valence-corrected chi connectivity index (χ1v) is 7.29. The number of carboxylic acids is 1. The summed E-state index contributed by atoms with van der Waals surface area (Å²) in [5.74, 6) is -1.22. The number of aromatic nitrogens is 1. The molecular weight excluding hydrogens is 280 g/mol. The molecule has 106 valence electrons. The predicted octanol–water partition coefficient (Wildman–Crippen LogP) is 1.60. The molecule has 0 atom stereocenters. The number of aryl methyl sites for hydroxylation is 1. The molecule has 0 saturated carbocycles. The summed E-state index contributed by atoms with van der Waals surface area (Å²) >= 11 is 0. The molecule has 1 aromatic carbocycles. The summed E-state index contributed by atoms with van der Waals surface area (Å²) in [5.41, 5.74) is 1.28. The number of carbonyl (C=O) groups is 1. The molecule has 0 aliphatic heterocycles. The summed E-state index contributed by atoms with van der Waals surface area (Å²) in [5, 5.41) is 8.95. The van der Waals surface area contributed by atoms with Crippen molar-refractivity contribution in [3.05, 3.63) is 48.3 Å². The third-order valence-corrected chi connectivity index (χ3v) is 4.53. The molecule has 1 aromatic heterocycles. The predicted molar refractivity (Wildman–Crippen MR) is 74.1 cm³/mol. The van der Waals surface area contributed by atoms with Gasteiger partial charge in [0.15, 0.2) is 0 Å². The lowest BCUT2D eigenvalue weighted by Gasteiger charge is -2.22. The van der Waals surface area contributed by atoms with Crippen molar-refractivity contribution in [2.24, 2.45) is 0 Å². The number of nitrogens with zero attached hydrogens (tertiary/aromatic N) is 1. The molecule has 0 bridgehead atoms. The van der Waals surface area contributed by atoms with Crippen molar-refractivity contribution < 1.29 is 18.3 Å².